The van der Waals surface area contributed by atoms with E-state index in [0.717, 1.165) is 12.1 Å². The highest BCUT2D eigenvalue weighted by Gasteiger charge is 2.06. The first-order chi connectivity index (χ1) is 9.25. The minimum absolute atomic E-state index is 0.279. The molecule has 2 N–H and O–H groups in total. The summed E-state index contributed by atoms with van der Waals surface area (Å²) in [4.78, 5) is 0. The Bertz CT molecular complexity index is 484. The van der Waals surface area contributed by atoms with E-state index < -0.39 is 6.10 Å². The van der Waals surface area contributed by atoms with Crippen molar-refractivity contribution in [3.8, 4) is 0 Å². The normalized spacial score (nSPS) is 12.3. The van der Waals surface area contributed by atoms with Gasteiger partial charge < -0.3 is 10.4 Å². The van der Waals surface area contributed by atoms with Gasteiger partial charge in [0, 0.05) is 6.54 Å². The summed E-state index contributed by atoms with van der Waals surface area (Å²) in [6.07, 6.45) is 0.0576. The second kappa shape index (κ2) is 7.02. The third-order valence-electron chi connectivity index (χ3n) is 3.02. The molecular weight excluding hydrogens is 241 g/mol. The van der Waals surface area contributed by atoms with Crippen LogP contribution in [0.2, 0.25) is 0 Å². The van der Waals surface area contributed by atoms with Crippen LogP contribution < -0.4 is 5.32 Å². The summed E-state index contributed by atoms with van der Waals surface area (Å²) < 4.78 is 12.8. The van der Waals surface area contributed by atoms with Crippen LogP contribution in [0.4, 0.5) is 4.39 Å². The third-order valence-corrected chi connectivity index (χ3v) is 3.02. The molecule has 0 aliphatic rings. The molecule has 0 fully saturated rings. The lowest BCUT2D eigenvalue weighted by atomic mass is 10.1. The number of hydrogen-bond donors (Lipinski definition) is 2. The third kappa shape index (κ3) is 4.47. The molecule has 0 aliphatic carbocycles. The Hall–Kier alpha value is -1.71. The Morgan fingerprint density at radius 1 is 1.00 bits per heavy atom. The minimum atomic E-state index is -0.552. The zero-order valence-electron chi connectivity index (χ0n) is 10.7. The van der Waals surface area contributed by atoms with E-state index in [-0.39, 0.29) is 5.82 Å². The van der Waals surface area contributed by atoms with E-state index in [1.54, 1.807) is 12.1 Å². The van der Waals surface area contributed by atoms with Crippen LogP contribution in [0.15, 0.2) is 54.6 Å². The maximum atomic E-state index is 12.8. The van der Waals surface area contributed by atoms with Gasteiger partial charge in [0.05, 0.1) is 6.10 Å². The summed E-state index contributed by atoms with van der Waals surface area (Å²) in [5.74, 6) is -0.279. The number of nitrogens with one attached hydrogen (secondary N) is 1. The molecule has 100 valence electrons. The number of halogens is 1. The van der Waals surface area contributed by atoms with Crippen molar-refractivity contribution in [2.24, 2.45) is 0 Å². The fourth-order valence-corrected chi connectivity index (χ4v) is 1.92. The summed E-state index contributed by atoms with van der Waals surface area (Å²) in [6.45, 7) is 1.50. The maximum absolute atomic E-state index is 12.8. The fourth-order valence-electron chi connectivity index (χ4n) is 1.92. The lowest BCUT2D eigenvalue weighted by Crippen LogP contribution is -2.17. The van der Waals surface area contributed by atoms with Gasteiger partial charge in [-0.1, -0.05) is 42.5 Å². The van der Waals surface area contributed by atoms with Gasteiger partial charge in [-0.15, -0.1) is 0 Å². The molecule has 0 heterocycles. The molecule has 0 aliphatic heterocycles. The van der Waals surface area contributed by atoms with Gasteiger partial charge in [-0.25, -0.2) is 4.39 Å². The van der Waals surface area contributed by atoms with Gasteiger partial charge in [-0.3, -0.25) is 0 Å². The molecule has 2 aromatic rings. The molecule has 2 aromatic carbocycles. The van der Waals surface area contributed by atoms with E-state index in [4.69, 9.17) is 0 Å². The lowest BCUT2D eigenvalue weighted by Gasteiger charge is -2.11. The molecule has 0 bridgehead atoms. The van der Waals surface area contributed by atoms with Crippen molar-refractivity contribution >= 4 is 0 Å². The number of aliphatic hydroxyl groups excluding tert-OH is 1. The highest BCUT2D eigenvalue weighted by Crippen LogP contribution is 2.16. The quantitative estimate of drug-likeness (QED) is 0.781. The largest absolute Gasteiger partial charge is 0.388 e. The van der Waals surface area contributed by atoms with Crippen LogP contribution >= 0.6 is 0 Å². The van der Waals surface area contributed by atoms with Crippen LogP contribution in [0, 0.1) is 5.82 Å². The molecular formula is C16H18FNO. The lowest BCUT2D eigenvalue weighted by molar-refractivity contribution is 0.166. The van der Waals surface area contributed by atoms with Gasteiger partial charge >= 0.3 is 0 Å². The first-order valence-corrected chi connectivity index (χ1v) is 6.44. The molecule has 0 unspecified atom stereocenters. The zero-order valence-corrected chi connectivity index (χ0v) is 10.7. The van der Waals surface area contributed by atoms with Gasteiger partial charge in [-0.2, -0.15) is 0 Å². The second-order valence-corrected chi connectivity index (χ2v) is 4.52. The standard InChI is InChI=1S/C16H18FNO/c17-15-8-6-14(7-9-15)16(19)10-11-18-12-13-4-2-1-3-5-13/h1-9,16,18-19H,10-12H2/t16-/m0/s1. The first-order valence-electron chi connectivity index (χ1n) is 6.44. The van der Waals surface area contributed by atoms with E-state index in [0.29, 0.717) is 13.0 Å². The van der Waals surface area contributed by atoms with Crippen molar-refractivity contribution in [2.45, 2.75) is 19.1 Å². The molecule has 3 heteroatoms. The van der Waals surface area contributed by atoms with E-state index in [9.17, 15) is 9.50 Å². The summed E-state index contributed by atoms with van der Waals surface area (Å²) in [6, 6.07) is 16.1. The van der Waals surface area contributed by atoms with Crippen LogP contribution in [-0.2, 0) is 6.54 Å². The van der Waals surface area contributed by atoms with Crippen LogP contribution in [0.5, 0.6) is 0 Å². The first kappa shape index (κ1) is 13.7. The van der Waals surface area contributed by atoms with E-state index >= 15 is 0 Å². The van der Waals surface area contributed by atoms with E-state index in [1.807, 2.05) is 18.2 Å². The van der Waals surface area contributed by atoms with Crippen molar-refractivity contribution in [3.63, 3.8) is 0 Å². The van der Waals surface area contributed by atoms with Crippen LogP contribution in [0.25, 0.3) is 0 Å². The van der Waals surface area contributed by atoms with Crippen LogP contribution in [0.3, 0.4) is 0 Å². The van der Waals surface area contributed by atoms with Gasteiger partial charge in [0.25, 0.3) is 0 Å². The van der Waals surface area contributed by atoms with Crippen LogP contribution in [0.1, 0.15) is 23.7 Å². The van der Waals surface area contributed by atoms with Crippen molar-refractivity contribution < 1.29 is 9.50 Å². The van der Waals surface area contributed by atoms with Crippen molar-refractivity contribution in [1.82, 2.24) is 5.32 Å². The molecule has 19 heavy (non-hydrogen) atoms. The monoisotopic (exact) mass is 259 g/mol. The molecule has 0 aromatic heterocycles. The second-order valence-electron chi connectivity index (χ2n) is 4.52. The Balaban J connectivity index is 1.72. The topological polar surface area (TPSA) is 32.3 Å². The molecule has 0 saturated carbocycles. The van der Waals surface area contributed by atoms with Crippen molar-refractivity contribution in [3.05, 3.63) is 71.5 Å². The van der Waals surface area contributed by atoms with Crippen LogP contribution in [-0.4, -0.2) is 11.7 Å². The number of hydrogen-bond acceptors (Lipinski definition) is 2. The Kier molecular flexibility index (Phi) is 5.07. The number of benzene rings is 2. The fraction of sp³-hybridized carbons (Fsp3) is 0.250. The predicted molar refractivity (Wildman–Crippen MR) is 74.1 cm³/mol. The molecule has 2 rings (SSSR count). The molecule has 0 radical (unpaired) electrons. The van der Waals surface area contributed by atoms with Gasteiger partial charge in [0.2, 0.25) is 0 Å². The van der Waals surface area contributed by atoms with Gasteiger partial charge in [0.15, 0.2) is 0 Å². The smallest absolute Gasteiger partial charge is 0.123 e. The highest BCUT2D eigenvalue weighted by molar-refractivity contribution is 5.18. The SMILES string of the molecule is O[C@@H](CCNCc1ccccc1)c1ccc(F)cc1. The molecule has 1 atom stereocenters. The number of aliphatic hydroxyl groups is 1. The molecule has 0 spiro atoms. The van der Waals surface area contributed by atoms with E-state index in [2.05, 4.69) is 17.4 Å². The minimum Gasteiger partial charge on any atom is -0.388 e. The summed E-state index contributed by atoms with van der Waals surface area (Å²) >= 11 is 0. The Labute approximate surface area is 112 Å². The predicted octanol–water partition coefficient (Wildman–Crippen LogP) is 3.04. The molecule has 0 amide bonds. The Morgan fingerprint density at radius 3 is 2.37 bits per heavy atom. The van der Waals surface area contributed by atoms with Crippen molar-refractivity contribution in [2.75, 3.05) is 6.54 Å². The Morgan fingerprint density at radius 2 is 1.68 bits per heavy atom. The summed E-state index contributed by atoms with van der Waals surface area (Å²) in [5.41, 5.74) is 1.97. The number of rotatable bonds is 6. The summed E-state index contributed by atoms with van der Waals surface area (Å²) in [5, 5.41) is 13.2. The summed E-state index contributed by atoms with van der Waals surface area (Å²) in [7, 11) is 0. The maximum Gasteiger partial charge on any atom is 0.123 e. The average molecular weight is 259 g/mol. The van der Waals surface area contributed by atoms with Gasteiger partial charge in [0.1, 0.15) is 5.82 Å². The van der Waals surface area contributed by atoms with Crippen molar-refractivity contribution in [1.29, 1.82) is 0 Å². The zero-order chi connectivity index (χ0) is 13.5. The highest BCUT2D eigenvalue weighted by atomic mass is 19.1. The molecule has 0 saturated heterocycles. The average Bonchev–Trinajstić information content (AvgIpc) is 2.45. The van der Waals surface area contributed by atoms with Gasteiger partial charge in [-0.05, 0) is 36.2 Å². The van der Waals surface area contributed by atoms with E-state index in [1.165, 1.54) is 17.7 Å². The molecule has 2 nitrogen and oxygen atoms in total.